The Morgan fingerprint density at radius 3 is 2.91 bits per heavy atom. The number of amides is 1. The van der Waals surface area contributed by atoms with Gasteiger partial charge < -0.3 is 9.64 Å². The van der Waals surface area contributed by atoms with E-state index < -0.39 is 0 Å². The largest absolute Gasteiger partial charge is 0.457 e. The van der Waals surface area contributed by atoms with Crippen LogP contribution in [0.15, 0.2) is 35.7 Å². The Balaban J connectivity index is 1.74. The normalized spacial score (nSPS) is 22.7. The number of ether oxygens (including phenoxy) is 1. The molecule has 4 nitrogen and oxygen atoms in total. The minimum Gasteiger partial charge on any atom is -0.457 e. The minimum absolute atomic E-state index is 0.00740. The summed E-state index contributed by atoms with van der Waals surface area (Å²) in [5.41, 5.74) is 2.87. The monoisotopic (exact) mass is 345 g/mol. The van der Waals surface area contributed by atoms with Crippen LogP contribution >= 0.6 is 23.1 Å². The SMILES string of the molecule is CC(=O)O[C@@H]1CS[C@H]2c3ccccc3C(=O)N2Cc2sccc21. The van der Waals surface area contributed by atoms with Gasteiger partial charge in [-0.1, -0.05) is 18.2 Å². The van der Waals surface area contributed by atoms with E-state index in [-0.39, 0.29) is 23.4 Å². The Labute approximate surface area is 142 Å². The fraction of sp³-hybridized carbons (Fsp3) is 0.294. The fourth-order valence-corrected chi connectivity index (χ4v) is 5.43. The maximum Gasteiger partial charge on any atom is 0.303 e. The van der Waals surface area contributed by atoms with Crippen LogP contribution in [-0.4, -0.2) is 22.5 Å². The molecular formula is C17H15NO3S2. The number of thiophene rings is 1. The number of rotatable bonds is 1. The molecule has 0 unspecified atom stereocenters. The minimum atomic E-state index is -0.270. The van der Waals surface area contributed by atoms with Gasteiger partial charge in [0, 0.05) is 28.7 Å². The van der Waals surface area contributed by atoms with E-state index in [0.29, 0.717) is 12.3 Å². The van der Waals surface area contributed by atoms with Crippen LogP contribution in [0.25, 0.3) is 0 Å². The molecule has 0 N–H and O–H groups in total. The lowest BCUT2D eigenvalue weighted by Crippen LogP contribution is -2.29. The molecule has 0 aliphatic carbocycles. The average molecular weight is 345 g/mol. The van der Waals surface area contributed by atoms with Gasteiger partial charge in [-0.2, -0.15) is 0 Å². The molecule has 0 saturated heterocycles. The molecule has 3 heterocycles. The van der Waals surface area contributed by atoms with Crippen molar-refractivity contribution in [1.29, 1.82) is 0 Å². The van der Waals surface area contributed by atoms with E-state index in [9.17, 15) is 9.59 Å². The molecule has 0 spiro atoms. The molecule has 1 amide bonds. The van der Waals surface area contributed by atoms with E-state index in [2.05, 4.69) is 0 Å². The van der Waals surface area contributed by atoms with Crippen LogP contribution in [0.1, 0.15) is 44.8 Å². The highest BCUT2D eigenvalue weighted by Crippen LogP contribution is 2.46. The van der Waals surface area contributed by atoms with Crippen molar-refractivity contribution in [2.24, 2.45) is 0 Å². The Bertz CT molecular complexity index is 786. The molecule has 23 heavy (non-hydrogen) atoms. The molecule has 0 saturated carbocycles. The van der Waals surface area contributed by atoms with Crippen LogP contribution < -0.4 is 0 Å². The maximum atomic E-state index is 12.7. The van der Waals surface area contributed by atoms with Crippen molar-refractivity contribution in [1.82, 2.24) is 4.90 Å². The van der Waals surface area contributed by atoms with E-state index >= 15 is 0 Å². The summed E-state index contributed by atoms with van der Waals surface area (Å²) < 4.78 is 5.52. The van der Waals surface area contributed by atoms with Crippen molar-refractivity contribution in [2.75, 3.05) is 5.75 Å². The molecule has 2 atom stereocenters. The van der Waals surface area contributed by atoms with Gasteiger partial charge >= 0.3 is 5.97 Å². The highest BCUT2D eigenvalue weighted by molar-refractivity contribution is 7.99. The molecule has 4 rings (SSSR count). The molecule has 0 bridgehead atoms. The van der Waals surface area contributed by atoms with Crippen molar-refractivity contribution in [3.63, 3.8) is 0 Å². The molecule has 0 radical (unpaired) electrons. The van der Waals surface area contributed by atoms with Gasteiger partial charge in [0.1, 0.15) is 11.5 Å². The fourth-order valence-electron chi connectivity index (χ4n) is 3.16. The number of nitrogens with zero attached hydrogens (tertiary/aromatic N) is 1. The van der Waals surface area contributed by atoms with Gasteiger partial charge in [0.2, 0.25) is 0 Å². The highest BCUT2D eigenvalue weighted by atomic mass is 32.2. The Hall–Kier alpha value is -1.79. The van der Waals surface area contributed by atoms with Gasteiger partial charge in [-0.05, 0) is 23.1 Å². The summed E-state index contributed by atoms with van der Waals surface area (Å²) in [6.45, 7) is 2.01. The van der Waals surface area contributed by atoms with Gasteiger partial charge in [-0.3, -0.25) is 9.59 Å². The van der Waals surface area contributed by atoms with Crippen molar-refractivity contribution in [2.45, 2.75) is 24.9 Å². The third kappa shape index (κ3) is 2.46. The van der Waals surface area contributed by atoms with Gasteiger partial charge in [-0.25, -0.2) is 0 Å². The third-order valence-electron chi connectivity index (χ3n) is 4.16. The predicted molar refractivity (Wildman–Crippen MR) is 90.3 cm³/mol. The number of carbonyl (C=O) groups excluding carboxylic acids is 2. The Morgan fingerprint density at radius 1 is 1.26 bits per heavy atom. The molecule has 6 heteroatoms. The third-order valence-corrected chi connectivity index (χ3v) is 6.40. The molecule has 0 fully saturated rings. The van der Waals surface area contributed by atoms with Crippen molar-refractivity contribution >= 4 is 35.0 Å². The van der Waals surface area contributed by atoms with Crippen LogP contribution in [0.2, 0.25) is 0 Å². The first-order valence-corrected chi connectivity index (χ1v) is 9.33. The van der Waals surface area contributed by atoms with Crippen molar-refractivity contribution in [3.05, 3.63) is 57.3 Å². The first-order chi connectivity index (χ1) is 11.1. The second-order valence-electron chi connectivity index (χ2n) is 5.60. The zero-order valence-corrected chi connectivity index (χ0v) is 14.2. The number of hydrogen-bond donors (Lipinski definition) is 0. The van der Waals surface area contributed by atoms with Crippen molar-refractivity contribution in [3.8, 4) is 0 Å². The summed E-state index contributed by atoms with van der Waals surface area (Å²) in [5.74, 6) is 0.461. The zero-order valence-electron chi connectivity index (χ0n) is 12.5. The van der Waals surface area contributed by atoms with E-state index in [0.717, 1.165) is 21.6 Å². The number of hydrogen-bond acceptors (Lipinski definition) is 5. The average Bonchev–Trinajstić information content (AvgIpc) is 3.07. The zero-order chi connectivity index (χ0) is 16.0. The molecule has 118 valence electrons. The lowest BCUT2D eigenvalue weighted by atomic mass is 10.1. The van der Waals surface area contributed by atoms with Crippen LogP contribution in [0.5, 0.6) is 0 Å². The van der Waals surface area contributed by atoms with E-state index in [4.69, 9.17) is 4.74 Å². The van der Waals surface area contributed by atoms with Gasteiger partial charge in [-0.15, -0.1) is 23.1 Å². The Morgan fingerprint density at radius 2 is 2.09 bits per heavy atom. The van der Waals surface area contributed by atoms with Gasteiger partial charge in [0.25, 0.3) is 5.91 Å². The number of fused-ring (bicyclic) bond motifs is 4. The van der Waals surface area contributed by atoms with Crippen LogP contribution in [0, 0.1) is 0 Å². The predicted octanol–water partition coefficient (Wildman–Crippen LogP) is 3.75. The summed E-state index contributed by atoms with van der Waals surface area (Å²) in [7, 11) is 0. The Kier molecular flexibility index (Phi) is 3.66. The number of thioether (sulfide) groups is 1. The molecule has 1 aromatic carbocycles. The molecule has 2 aromatic rings. The van der Waals surface area contributed by atoms with Crippen LogP contribution in [-0.2, 0) is 16.1 Å². The summed E-state index contributed by atoms with van der Waals surface area (Å²) in [4.78, 5) is 27.2. The molecular weight excluding hydrogens is 330 g/mol. The second-order valence-corrected chi connectivity index (χ2v) is 7.72. The van der Waals surface area contributed by atoms with Gasteiger partial charge in [0.05, 0.1) is 6.54 Å². The number of esters is 1. The first kappa shape index (κ1) is 14.8. The highest BCUT2D eigenvalue weighted by Gasteiger charge is 2.39. The van der Waals surface area contributed by atoms with Crippen LogP contribution in [0.4, 0.5) is 0 Å². The number of benzene rings is 1. The van der Waals surface area contributed by atoms with Gasteiger partial charge in [0.15, 0.2) is 0 Å². The second kappa shape index (κ2) is 5.69. The summed E-state index contributed by atoms with van der Waals surface area (Å²) in [6, 6.07) is 9.78. The molecule has 2 aliphatic heterocycles. The van der Waals surface area contributed by atoms with E-state index in [1.54, 1.807) is 23.1 Å². The molecule has 1 aromatic heterocycles. The maximum absolute atomic E-state index is 12.7. The quantitative estimate of drug-likeness (QED) is 0.739. The smallest absolute Gasteiger partial charge is 0.303 e. The number of carbonyl (C=O) groups is 2. The topological polar surface area (TPSA) is 46.6 Å². The van der Waals surface area contributed by atoms with Crippen molar-refractivity contribution < 1.29 is 14.3 Å². The van der Waals surface area contributed by atoms with E-state index in [1.807, 2.05) is 40.6 Å². The summed E-state index contributed by atoms with van der Waals surface area (Å²) in [5, 5.41) is 1.99. The summed E-state index contributed by atoms with van der Waals surface area (Å²) >= 11 is 3.28. The standard InChI is InChI=1S/C17H15NO3S2/c1-10(19)21-14-9-23-17-12-5-3-2-4-11(12)16(20)18(17)8-15-13(14)6-7-22-15/h2-7,14,17H,8-9H2,1H3/t14-,17+/m1/s1. The summed E-state index contributed by atoms with van der Waals surface area (Å²) in [6.07, 6.45) is -0.247. The lowest BCUT2D eigenvalue weighted by molar-refractivity contribution is -0.145. The lowest BCUT2D eigenvalue weighted by Gasteiger charge is -2.30. The van der Waals surface area contributed by atoms with E-state index in [1.165, 1.54) is 6.92 Å². The molecule has 2 aliphatic rings. The van der Waals surface area contributed by atoms with Crippen LogP contribution in [0.3, 0.4) is 0 Å². The first-order valence-electron chi connectivity index (χ1n) is 7.40.